The van der Waals surface area contributed by atoms with Crippen LogP contribution >= 0.6 is 0 Å². The van der Waals surface area contributed by atoms with Crippen LogP contribution in [0.5, 0.6) is 0 Å². The number of aliphatic hydroxyl groups excluding tert-OH is 1. The van der Waals surface area contributed by atoms with Gasteiger partial charge >= 0.3 is 0 Å². The van der Waals surface area contributed by atoms with Crippen LogP contribution in [0.1, 0.15) is 45.6 Å². The number of nitrogens with zero attached hydrogens (tertiary/aromatic N) is 1. The Balaban J connectivity index is 1.69. The molecule has 1 saturated heterocycles. The molecule has 1 aromatic carbocycles. The number of benzene rings is 1. The van der Waals surface area contributed by atoms with Gasteiger partial charge in [0.15, 0.2) is 8.32 Å². The van der Waals surface area contributed by atoms with E-state index in [4.69, 9.17) is 4.43 Å². The van der Waals surface area contributed by atoms with E-state index in [1.54, 1.807) is 0 Å². The van der Waals surface area contributed by atoms with Gasteiger partial charge in [-0.2, -0.15) is 0 Å². The fourth-order valence-electron chi connectivity index (χ4n) is 3.36. The largest absolute Gasteiger partial charge is 0.509 e. The zero-order chi connectivity index (χ0) is 18.3. The second-order valence-corrected chi connectivity index (χ2v) is 14.0. The van der Waals surface area contributed by atoms with E-state index in [0.29, 0.717) is 5.76 Å². The van der Waals surface area contributed by atoms with Crippen molar-refractivity contribution in [2.45, 2.75) is 70.3 Å². The summed E-state index contributed by atoms with van der Waals surface area (Å²) >= 11 is 0. The van der Waals surface area contributed by atoms with Crippen molar-refractivity contribution in [1.29, 1.82) is 0 Å². The first-order valence-electron chi connectivity index (χ1n) is 9.51. The van der Waals surface area contributed by atoms with E-state index in [1.807, 2.05) is 0 Å². The first-order valence-corrected chi connectivity index (χ1v) is 12.4. The van der Waals surface area contributed by atoms with Crippen molar-refractivity contribution in [3.63, 3.8) is 0 Å². The number of hydrogen-bond acceptors (Lipinski definition) is 3. The van der Waals surface area contributed by atoms with Gasteiger partial charge in [-0.15, -0.1) is 0 Å². The lowest BCUT2D eigenvalue weighted by molar-refractivity contribution is 0.136. The molecule has 0 spiro atoms. The second kappa shape index (κ2) is 6.56. The maximum atomic E-state index is 11.0. The quantitative estimate of drug-likeness (QED) is 0.575. The smallest absolute Gasteiger partial charge is 0.193 e. The van der Waals surface area contributed by atoms with Crippen molar-refractivity contribution in [2.75, 3.05) is 13.1 Å². The first kappa shape index (κ1) is 18.7. The van der Waals surface area contributed by atoms with Gasteiger partial charge < -0.3 is 9.53 Å². The summed E-state index contributed by atoms with van der Waals surface area (Å²) in [7, 11) is -1.88. The Morgan fingerprint density at radius 1 is 1.20 bits per heavy atom. The van der Waals surface area contributed by atoms with Crippen molar-refractivity contribution in [2.24, 2.45) is 0 Å². The molecule has 1 saturated carbocycles. The summed E-state index contributed by atoms with van der Waals surface area (Å²) in [4.78, 5) is 2.42. The molecule has 3 nitrogen and oxygen atoms in total. The molecule has 0 radical (unpaired) electrons. The minimum Gasteiger partial charge on any atom is -0.509 e. The van der Waals surface area contributed by atoms with E-state index >= 15 is 0 Å². The molecule has 0 amide bonds. The van der Waals surface area contributed by atoms with Crippen molar-refractivity contribution in [3.8, 4) is 0 Å². The van der Waals surface area contributed by atoms with E-state index in [1.165, 1.54) is 11.1 Å². The molecule has 2 aliphatic rings. The highest BCUT2D eigenvalue weighted by Crippen LogP contribution is 2.52. The molecule has 2 fully saturated rings. The molecule has 1 aliphatic carbocycles. The fraction of sp³-hybridized carbons (Fsp3) is 0.619. The summed E-state index contributed by atoms with van der Waals surface area (Å²) in [6.07, 6.45) is 2.89. The molecule has 3 rings (SSSR count). The Kier molecular flexibility index (Phi) is 4.90. The third kappa shape index (κ3) is 4.02. The van der Waals surface area contributed by atoms with Crippen LogP contribution in [0.2, 0.25) is 18.1 Å². The third-order valence-corrected chi connectivity index (χ3v) is 10.6. The van der Waals surface area contributed by atoms with Gasteiger partial charge in [0.2, 0.25) is 0 Å². The molecular formula is C21H33NO2Si. The Labute approximate surface area is 153 Å². The SMILES string of the molecule is CC(C)(C)[Si](C)(C)OC1(/C(O)=C2\CCN(Cc3ccccc3)C2)CC1. The number of hydrogen-bond donors (Lipinski definition) is 1. The van der Waals surface area contributed by atoms with Gasteiger partial charge in [-0.25, -0.2) is 0 Å². The summed E-state index contributed by atoms with van der Waals surface area (Å²) in [5.74, 6) is 0.549. The Hall–Kier alpha value is -1.10. The summed E-state index contributed by atoms with van der Waals surface area (Å²) in [5, 5.41) is 11.2. The zero-order valence-corrected chi connectivity index (χ0v) is 17.4. The van der Waals surface area contributed by atoms with E-state index in [0.717, 1.165) is 38.9 Å². The van der Waals surface area contributed by atoms with Crippen LogP contribution in [-0.4, -0.2) is 37.0 Å². The normalized spacial score (nSPS) is 22.9. The summed E-state index contributed by atoms with van der Waals surface area (Å²) in [6, 6.07) is 10.6. The van der Waals surface area contributed by atoms with Crippen molar-refractivity contribution >= 4 is 8.32 Å². The predicted octanol–water partition coefficient (Wildman–Crippen LogP) is 5.26. The van der Waals surface area contributed by atoms with E-state index in [9.17, 15) is 5.11 Å². The highest BCUT2D eigenvalue weighted by molar-refractivity contribution is 6.74. The number of rotatable bonds is 5. The summed E-state index contributed by atoms with van der Waals surface area (Å²) in [5.41, 5.74) is 2.15. The fourth-order valence-corrected chi connectivity index (χ4v) is 4.94. The maximum absolute atomic E-state index is 11.0. The molecule has 1 N–H and O–H groups in total. The van der Waals surface area contributed by atoms with Gasteiger partial charge in [-0.3, -0.25) is 4.90 Å². The molecule has 1 aliphatic heterocycles. The molecule has 138 valence electrons. The maximum Gasteiger partial charge on any atom is 0.193 e. The van der Waals surface area contributed by atoms with E-state index in [-0.39, 0.29) is 10.6 Å². The lowest BCUT2D eigenvalue weighted by atomic mass is 10.1. The lowest BCUT2D eigenvalue weighted by Gasteiger charge is -2.39. The Morgan fingerprint density at radius 3 is 2.40 bits per heavy atom. The van der Waals surface area contributed by atoms with Crippen molar-refractivity contribution < 1.29 is 9.53 Å². The van der Waals surface area contributed by atoms with Crippen LogP contribution in [0.4, 0.5) is 0 Å². The van der Waals surface area contributed by atoms with Crippen LogP contribution in [0.3, 0.4) is 0 Å². The molecule has 0 bridgehead atoms. The van der Waals surface area contributed by atoms with Gasteiger partial charge in [0.25, 0.3) is 0 Å². The van der Waals surface area contributed by atoms with Crippen LogP contribution in [0.15, 0.2) is 41.7 Å². The average molecular weight is 360 g/mol. The van der Waals surface area contributed by atoms with Gasteiger partial charge in [-0.1, -0.05) is 51.1 Å². The van der Waals surface area contributed by atoms with Crippen LogP contribution in [0, 0.1) is 0 Å². The van der Waals surface area contributed by atoms with Crippen LogP contribution in [-0.2, 0) is 11.0 Å². The van der Waals surface area contributed by atoms with Crippen molar-refractivity contribution in [1.82, 2.24) is 4.90 Å². The first-order chi connectivity index (χ1) is 11.6. The minimum absolute atomic E-state index is 0.169. The Bertz CT molecular complexity index is 642. The van der Waals surface area contributed by atoms with Crippen molar-refractivity contribution in [3.05, 3.63) is 47.2 Å². The average Bonchev–Trinajstić information content (AvgIpc) is 3.15. The summed E-state index contributed by atoms with van der Waals surface area (Å²) in [6.45, 7) is 14.2. The van der Waals surface area contributed by atoms with Gasteiger partial charge in [-0.05, 0) is 48.5 Å². The predicted molar refractivity (Wildman–Crippen MR) is 106 cm³/mol. The van der Waals surface area contributed by atoms with Crippen LogP contribution in [0.25, 0.3) is 0 Å². The highest BCUT2D eigenvalue weighted by Gasteiger charge is 2.55. The van der Waals surface area contributed by atoms with Gasteiger partial charge in [0, 0.05) is 19.6 Å². The highest BCUT2D eigenvalue weighted by atomic mass is 28.4. The lowest BCUT2D eigenvalue weighted by Crippen LogP contribution is -2.45. The molecule has 0 atom stereocenters. The van der Waals surface area contributed by atoms with Gasteiger partial charge in [0.05, 0.1) is 0 Å². The van der Waals surface area contributed by atoms with E-state index in [2.05, 4.69) is 69.1 Å². The number of likely N-dealkylation sites (tertiary alicyclic amines) is 1. The molecular weight excluding hydrogens is 326 g/mol. The van der Waals surface area contributed by atoms with Gasteiger partial charge in [0.1, 0.15) is 11.4 Å². The minimum atomic E-state index is -1.88. The topological polar surface area (TPSA) is 32.7 Å². The van der Waals surface area contributed by atoms with Crippen LogP contribution < -0.4 is 0 Å². The molecule has 0 aromatic heterocycles. The summed E-state index contributed by atoms with van der Waals surface area (Å²) < 4.78 is 6.64. The molecule has 1 aromatic rings. The Morgan fingerprint density at radius 2 is 1.84 bits per heavy atom. The molecule has 4 heteroatoms. The molecule has 1 heterocycles. The third-order valence-electron chi connectivity index (χ3n) is 6.12. The zero-order valence-electron chi connectivity index (χ0n) is 16.4. The molecule has 0 unspecified atom stereocenters. The molecule has 25 heavy (non-hydrogen) atoms. The second-order valence-electron chi connectivity index (χ2n) is 9.26. The standard InChI is InChI=1S/C21H33NO2Si/c1-20(2,3)25(4,5)24-21(12-13-21)19(23)18-11-14-22(16-18)15-17-9-7-6-8-10-17/h6-10,23H,11-16H2,1-5H3/b19-18-. The van der Waals surface area contributed by atoms with E-state index < -0.39 is 8.32 Å². The number of aliphatic hydroxyl groups is 1. The monoisotopic (exact) mass is 359 g/mol.